The lowest BCUT2D eigenvalue weighted by Crippen LogP contribution is -2.34. The molecule has 1 N–H and O–H groups in total. The van der Waals surface area contributed by atoms with Gasteiger partial charge < -0.3 is 10.0 Å². The molecule has 1 unspecified atom stereocenters. The van der Waals surface area contributed by atoms with Crippen molar-refractivity contribution < 1.29 is 14.3 Å². The van der Waals surface area contributed by atoms with Crippen molar-refractivity contribution in [2.75, 3.05) is 18.0 Å². The number of anilines is 1. The summed E-state index contributed by atoms with van der Waals surface area (Å²) in [5.41, 5.74) is -0.138. The largest absolute Gasteiger partial charge is 0.481 e. The van der Waals surface area contributed by atoms with Crippen molar-refractivity contribution in [2.24, 2.45) is 5.41 Å². The van der Waals surface area contributed by atoms with Crippen LogP contribution in [0.4, 0.5) is 10.1 Å². The van der Waals surface area contributed by atoms with Crippen LogP contribution in [0.25, 0.3) is 0 Å². The first-order chi connectivity index (χ1) is 9.52. The third-order valence-electron chi connectivity index (χ3n) is 3.95. The lowest BCUT2D eigenvalue weighted by atomic mass is 9.83. The molecule has 0 bridgehead atoms. The van der Waals surface area contributed by atoms with Crippen LogP contribution in [0.5, 0.6) is 0 Å². The summed E-state index contributed by atoms with van der Waals surface area (Å²) in [6.45, 7) is 2.80. The minimum Gasteiger partial charge on any atom is -0.481 e. The number of nitriles is 1. The standard InChI is InChI=1S/C15H17FN2O2/c1-2-5-15(14(19)20)6-7-18(10-15)13-4-3-11(9-17)8-12(13)16/h3-4,8H,2,5-7,10H2,1H3,(H,19,20). The van der Waals surface area contributed by atoms with Gasteiger partial charge in [-0.25, -0.2) is 4.39 Å². The van der Waals surface area contributed by atoms with Crippen molar-refractivity contribution in [1.82, 2.24) is 0 Å². The number of hydrogen-bond donors (Lipinski definition) is 1. The van der Waals surface area contributed by atoms with Crippen molar-refractivity contribution in [3.8, 4) is 6.07 Å². The molecule has 1 aromatic rings. The molecule has 1 heterocycles. The Hall–Kier alpha value is -2.09. The van der Waals surface area contributed by atoms with Crippen LogP contribution in [-0.4, -0.2) is 24.2 Å². The second-order valence-electron chi connectivity index (χ2n) is 5.29. The molecule has 5 heteroatoms. The molecule has 1 aliphatic rings. The van der Waals surface area contributed by atoms with E-state index in [1.807, 2.05) is 13.0 Å². The summed E-state index contributed by atoms with van der Waals surface area (Å²) in [6.07, 6.45) is 1.91. The third kappa shape index (κ3) is 2.46. The highest BCUT2D eigenvalue weighted by molar-refractivity contribution is 5.77. The Kier molecular flexibility index (Phi) is 3.93. The monoisotopic (exact) mass is 276 g/mol. The Morgan fingerprint density at radius 2 is 2.35 bits per heavy atom. The van der Waals surface area contributed by atoms with Crippen molar-refractivity contribution in [1.29, 1.82) is 5.26 Å². The van der Waals surface area contributed by atoms with E-state index in [1.165, 1.54) is 6.07 Å². The van der Waals surface area contributed by atoms with Gasteiger partial charge in [-0.2, -0.15) is 5.26 Å². The van der Waals surface area contributed by atoms with Crippen LogP contribution in [0.3, 0.4) is 0 Å². The van der Waals surface area contributed by atoms with Crippen LogP contribution < -0.4 is 4.90 Å². The summed E-state index contributed by atoms with van der Waals surface area (Å²) >= 11 is 0. The second-order valence-corrected chi connectivity index (χ2v) is 5.29. The summed E-state index contributed by atoms with van der Waals surface area (Å²) < 4.78 is 14.0. The maximum atomic E-state index is 14.0. The summed E-state index contributed by atoms with van der Waals surface area (Å²) in [5.74, 6) is -1.28. The third-order valence-corrected chi connectivity index (χ3v) is 3.95. The highest BCUT2D eigenvalue weighted by atomic mass is 19.1. The Morgan fingerprint density at radius 3 is 2.90 bits per heavy atom. The van der Waals surface area contributed by atoms with Crippen molar-refractivity contribution in [3.63, 3.8) is 0 Å². The molecular weight excluding hydrogens is 259 g/mol. The smallest absolute Gasteiger partial charge is 0.311 e. The van der Waals surface area contributed by atoms with Gasteiger partial charge in [0.1, 0.15) is 5.82 Å². The van der Waals surface area contributed by atoms with Gasteiger partial charge in [0.05, 0.1) is 22.7 Å². The van der Waals surface area contributed by atoms with Crippen LogP contribution in [0.15, 0.2) is 18.2 Å². The minimum atomic E-state index is -0.809. The van der Waals surface area contributed by atoms with Crippen LogP contribution in [0.1, 0.15) is 31.7 Å². The van der Waals surface area contributed by atoms with E-state index in [4.69, 9.17) is 5.26 Å². The first-order valence-corrected chi connectivity index (χ1v) is 6.70. The number of carboxylic acid groups (broad SMARTS) is 1. The van der Waals surface area contributed by atoms with Crippen LogP contribution in [0.2, 0.25) is 0 Å². The van der Waals surface area contributed by atoms with E-state index in [1.54, 1.807) is 17.0 Å². The molecule has 0 radical (unpaired) electrons. The number of carboxylic acids is 1. The van der Waals surface area contributed by atoms with E-state index in [0.717, 1.165) is 6.42 Å². The fourth-order valence-electron chi connectivity index (χ4n) is 2.88. The van der Waals surface area contributed by atoms with E-state index < -0.39 is 17.2 Å². The molecule has 1 aromatic carbocycles. The fourth-order valence-corrected chi connectivity index (χ4v) is 2.88. The van der Waals surface area contributed by atoms with Crippen molar-refractivity contribution in [2.45, 2.75) is 26.2 Å². The quantitative estimate of drug-likeness (QED) is 0.918. The van der Waals surface area contributed by atoms with Gasteiger partial charge in [0.2, 0.25) is 0 Å². The number of hydrogen-bond acceptors (Lipinski definition) is 3. The molecule has 0 aliphatic carbocycles. The SMILES string of the molecule is CCCC1(C(=O)O)CCN(c2ccc(C#N)cc2F)C1. The highest BCUT2D eigenvalue weighted by Gasteiger charge is 2.44. The van der Waals surface area contributed by atoms with Gasteiger partial charge in [0, 0.05) is 13.1 Å². The minimum absolute atomic E-state index is 0.267. The zero-order chi connectivity index (χ0) is 14.8. The van der Waals surface area contributed by atoms with Crippen molar-refractivity contribution in [3.05, 3.63) is 29.6 Å². The number of rotatable bonds is 4. The van der Waals surface area contributed by atoms with E-state index in [2.05, 4.69) is 0 Å². The average Bonchev–Trinajstić information content (AvgIpc) is 2.84. The zero-order valence-electron chi connectivity index (χ0n) is 11.4. The predicted octanol–water partition coefficient (Wildman–Crippen LogP) is 2.78. The first kappa shape index (κ1) is 14.3. The number of benzene rings is 1. The predicted molar refractivity (Wildman–Crippen MR) is 72.9 cm³/mol. The first-order valence-electron chi connectivity index (χ1n) is 6.70. The highest BCUT2D eigenvalue weighted by Crippen LogP contribution is 2.38. The van der Waals surface area contributed by atoms with E-state index >= 15 is 0 Å². The molecule has 1 atom stereocenters. The average molecular weight is 276 g/mol. The van der Waals surface area contributed by atoms with Crippen LogP contribution >= 0.6 is 0 Å². The summed E-state index contributed by atoms with van der Waals surface area (Å²) in [6, 6.07) is 6.19. The molecule has 0 spiro atoms. The lowest BCUT2D eigenvalue weighted by molar-refractivity contribution is -0.148. The molecule has 2 rings (SSSR count). The summed E-state index contributed by atoms with van der Waals surface area (Å²) in [4.78, 5) is 13.3. The van der Waals surface area contributed by atoms with Crippen LogP contribution in [0, 0.1) is 22.6 Å². The van der Waals surface area contributed by atoms with Crippen LogP contribution in [-0.2, 0) is 4.79 Å². The Morgan fingerprint density at radius 1 is 1.60 bits per heavy atom. The molecule has 0 aromatic heterocycles. The molecule has 1 fully saturated rings. The topological polar surface area (TPSA) is 64.3 Å². The Balaban J connectivity index is 2.25. The molecule has 1 saturated heterocycles. The number of aliphatic carboxylic acids is 1. The number of carbonyl (C=O) groups is 1. The number of halogens is 1. The maximum absolute atomic E-state index is 14.0. The molecular formula is C15H17FN2O2. The molecule has 0 saturated carbocycles. The Bertz CT molecular complexity index is 567. The van der Waals surface area contributed by atoms with E-state index in [-0.39, 0.29) is 5.56 Å². The van der Waals surface area contributed by atoms with Gasteiger partial charge in [-0.3, -0.25) is 4.79 Å². The van der Waals surface area contributed by atoms with Gasteiger partial charge in [-0.15, -0.1) is 0 Å². The van der Waals surface area contributed by atoms with E-state index in [0.29, 0.717) is 31.6 Å². The zero-order valence-corrected chi connectivity index (χ0v) is 11.4. The van der Waals surface area contributed by atoms with Gasteiger partial charge in [-0.05, 0) is 31.0 Å². The second kappa shape index (κ2) is 5.49. The van der Waals surface area contributed by atoms with Gasteiger partial charge in [-0.1, -0.05) is 13.3 Å². The summed E-state index contributed by atoms with van der Waals surface area (Å²) in [5, 5.41) is 18.2. The Labute approximate surface area is 117 Å². The molecule has 106 valence electrons. The fraction of sp³-hybridized carbons (Fsp3) is 0.467. The summed E-state index contributed by atoms with van der Waals surface area (Å²) in [7, 11) is 0. The van der Waals surface area contributed by atoms with E-state index in [9.17, 15) is 14.3 Å². The molecule has 1 aliphatic heterocycles. The molecule has 0 amide bonds. The maximum Gasteiger partial charge on any atom is 0.311 e. The van der Waals surface area contributed by atoms with Gasteiger partial charge in [0.25, 0.3) is 0 Å². The van der Waals surface area contributed by atoms with Gasteiger partial charge >= 0.3 is 5.97 Å². The molecule has 20 heavy (non-hydrogen) atoms. The van der Waals surface area contributed by atoms with Crippen molar-refractivity contribution >= 4 is 11.7 Å². The molecule has 4 nitrogen and oxygen atoms in total. The lowest BCUT2D eigenvalue weighted by Gasteiger charge is -2.25. The normalized spacial score (nSPS) is 21.8. The van der Waals surface area contributed by atoms with Gasteiger partial charge in [0.15, 0.2) is 0 Å². The number of nitrogens with zero attached hydrogens (tertiary/aromatic N) is 2.